The van der Waals surface area contributed by atoms with Crippen LogP contribution in [0.1, 0.15) is 47.0 Å². The highest BCUT2D eigenvalue weighted by Gasteiger charge is 2.61. The number of likely N-dealkylation sites (tertiary alicyclic amines) is 1. The predicted molar refractivity (Wildman–Crippen MR) is 92.4 cm³/mol. The topological polar surface area (TPSA) is 66.5 Å². The first-order valence-electron chi connectivity index (χ1n) is 8.44. The first-order chi connectivity index (χ1) is 10.5. The highest BCUT2D eigenvalue weighted by atomic mass is 32.2. The Bertz CT molecular complexity index is 591. The average Bonchev–Trinajstić information content (AvgIpc) is 2.95. The van der Waals surface area contributed by atoms with E-state index in [0.29, 0.717) is 12.5 Å². The van der Waals surface area contributed by atoms with E-state index in [1.807, 2.05) is 4.90 Å². The van der Waals surface area contributed by atoms with Crippen molar-refractivity contribution in [2.24, 2.45) is 17.3 Å². The molecule has 0 aromatic carbocycles. The van der Waals surface area contributed by atoms with Crippen LogP contribution < -0.4 is 4.72 Å². The van der Waals surface area contributed by atoms with Gasteiger partial charge in [-0.1, -0.05) is 25.5 Å². The predicted octanol–water partition coefficient (Wildman–Crippen LogP) is 2.16. The minimum atomic E-state index is -3.22. The van der Waals surface area contributed by atoms with Crippen molar-refractivity contribution in [1.82, 2.24) is 9.62 Å². The fraction of sp³-hybridized carbons (Fsp3) is 0.824. The SMILES string of the molecule is CC(C)=C[C@@H]1[C@@H](C(=O)N2CCCC[C@@H]2CNS(C)(=O)=O)C1(C)C. The normalized spacial score (nSPS) is 30.0. The summed E-state index contributed by atoms with van der Waals surface area (Å²) >= 11 is 0. The third kappa shape index (κ3) is 4.35. The van der Waals surface area contributed by atoms with E-state index in [1.165, 1.54) is 5.57 Å². The van der Waals surface area contributed by atoms with Gasteiger partial charge in [0, 0.05) is 19.1 Å². The maximum atomic E-state index is 13.0. The zero-order chi connectivity index (χ0) is 17.4. The lowest BCUT2D eigenvalue weighted by atomic mass is 10.0. The minimum absolute atomic E-state index is 0.000607. The van der Waals surface area contributed by atoms with Gasteiger partial charge in [-0.2, -0.15) is 0 Å². The highest BCUT2D eigenvalue weighted by Crippen LogP contribution is 2.60. The molecule has 1 amide bonds. The van der Waals surface area contributed by atoms with Crippen LogP contribution in [0.4, 0.5) is 0 Å². The molecule has 0 aromatic heterocycles. The van der Waals surface area contributed by atoms with E-state index in [0.717, 1.165) is 32.1 Å². The number of piperidine rings is 1. The van der Waals surface area contributed by atoms with Gasteiger partial charge in [0.1, 0.15) is 0 Å². The molecule has 1 saturated carbocycles. The first kappa shape index (κ1) is 18.5. The fourth-order valence-corrected chi connectivity index (χ4v) is 4.24. The molecule has 23 heavy (non-hydrogen) atoms. The Morgan fingerprint density at radius 3 is 2.52 bits per heavy atom. The van der Waals surface area contributed by atoms with Gasteiger partial charge in [-0.3, -0.25) is 4.79 Å². The molecule has 0 spiro atoms. The second-order valence-electron chi connectivity index (χ2n) is 7.87. The molecule has 1 saturated heterocycles. The molecule has 2 fully saturated rings. The number of hydrogen-bond acceptors (Lipinski definition) is 3. The van der Waals surface area contributed by atoms with Gasteiger partial charge in [-0.25, -0.2) is 13.1 Å². The van der Waals surface area contributed by atoms with Crippen LogP contribution in [0.2, 0.25) is 0 Å². The van der Waals surface area contributed by atoms with Crippen molar-refractivity contribution < 1.29 is 13.2 Å². The minimum Gasteiger partial charge on any atom is -0.338 e. The number of hydrogen-bond donors (Lipinski definition) is 1. The standard InChI is InChI=1S/C17H30N2O3S/c1-12(2)10-14-15(17(14,3)4)16(20)19-9-7-6-8-13(19)11-18-23(5,21)22/h10,13-15,18H,6-9,11H2,1-5H3/t13-,14-,15+/m1/s1. The maximum absolute atomic E-state index is 13.0. The summed E-state index contributed by atoms with van der Waals surface area (Å²) in [4.78, 5) is 14.9. The van der Waals surface area contributed by atoms with Gasteiger partial charge in [0.05, 0.1) is 12.2 Å². The largest absolute Gasteiger partial charge is 0.338 e. The fourth-order valence-electron chi connectivity index (χ4n) is 3.75. The van der Waals surface area contributed by atoms with Gasteiger partial charge in [0.25, 0.3) is 0 Å². The van der Waals surface area contributed by atoms with Crippen molar-refractivity contribution in [3.8, 4) is 0 Å². The lowest BCUT2D eigenvalue weighted by Gasteiger charge is -2.36. The number of nitrogens with zero attached hydrogens (tertiary/aromatic N) is 1. The van der Waals surface area contributed by atoms with E-state index in [2.05, 4.69) is 38.5 Å². The van der Waals surface area contributed by atoms with Gasteiger partial charge in [-0.05, 0) is 44.4 Å². The molecule has 2 aliphatic rings. The Labute approximate surface area is 140 Å². The van der Waals surface area contributed by atoms with Gasteiger partial charge >= 0.3 is 0 Å². The zero-order valence-electron chi connectivity index (χ0n) is 14.9. The van der Waals surface area contributed by atoms with Crippen LogP contribution >= 0.6 is 0 Å². The number of carbonyl (C=O) groups is 1. The molecule has 3 atom stereocenters. The molecule has 2 rings (SSSR count). The molecule has 1 aliphatic carbocycles. The van der Waals surface area contributed by atoms with Crippen molar-refractivity contribution >= 4 is 15.9 Å². The number of carbonyl (C=O) groups excluding carboxylic acids is 1. The van der Waals surface area contributed by atoms with Crippen LogP contribution in [-0.2, 0) is 14.8 Å². The molecule has 1 N–H and O–H groups in total. The number of rotatable bonds is 5. The van der Waals surface area contributed by atoms with Crippen LogP contribution in [-0.4, -0.2) is 44.6 Å². The Morgan fingerprint density at radius 1 is 1.30 bits per heavy atom. The molecule has 5 nitrogen and oxygen atoms in total. The van der Waals surface area contributed by atoms with E-state index in [-0.39, 0.29) is 23.3 Å². The molecule has 1 heterocycles. The molecule has 0 aromatic rings. The number of nitrogens with one attached hydrogen (secondary N) is 1. The summed E-state index contributed by atoms with van der Waals surface area (Å²) in [6.07, 6.45) is 6.29. The Kier molecular flexibility index (Phi) is 5.26. The second-order valence-corrected chi connectivity index (χ2v) is 9.70. The quantitative estimate of drug-likeness (QED) is 0.779. The smallest absolute Gasteiger partial charge is 0.227 e. The molecule has 0 radical (unpaired) electrons. The monoisotopic (exact) mass is 342 g/mol. The summed E-state index contributed by atoms with van der Waals surface area (Å²) in [5, 5.41) is 0. The van der Waals surface area contributed by atoms with E-state index in [9.17, 15) is 13.2 Å². The van der Waals surface area contributed by atoms with Gasteiger partial charge < -0.3 is 4.90 Å². The van der Waals surface area contributed by atoms with E-state index >= 15 is 0 Å². The van der Waals surface area contributed by atoms with Crippen molar-refractivity contribution in [3.05, 3.63) is 11.6 Å². The van der Waals surface area contributed by atoms with Gasteiger partial charge in [0.15, 0.2) is 0 Å². The van der Waals surface area contributed by atoms with E-state index in [1.54, 1.807) is 0 Å². The number of amides is 1. The summed E-state index contributed by atoms with van der Waals surface area (Å²) in [7, 11) is -3.22. The molecular weight excluding hydrogens is 312 g/mol. The lowest BCUT2D eigenvalue weighted by molar-refractivity contribution is -0.137. The van der Waals surface area contributed by atoms with Crippen LogP contribution in [0.3, 0.4) is 0 Å². The first-order valence-corrected chi connectivity index (χ1v) is 10.3. The molecule has 6 heteroatoms. The molecule has 1 aliphatic heterocycles. The molecule has 132 valence electrons. The van der Waals surface area contributed by atoms with Crippen LogP contribution in [0, 0.1) is 17.3 Å². The molecule has 0 bridgehead atoms. The summed E-state index contributed by atoms with van der Waals surface area (Å²) in [6, 6.07) is -0.0188. The third-order valence-electron chi connectivity index (χ3n) is 5.18. The van der Waals surface area contributed by atoms with Crippen molar-refractivity contribution in [2.75, 3.05) is 19.3 Å². The van der Waals surface area contributed by atoms with Gasteiger partial charge in [0.2, 0.25) is 15.9 Å². The van der Waals surface area contributed by atoms with E-state index < -0.39 is 10.0 Å². The summed E-state index contributed by atoms with van der Waals surface area (Å²) in [5.41, 5.74) is 1.24. The van der Waals surface area contributed by atoms with E-state index in [4.69, 9.17) is 0 Å². The maximum Gasteiger partial charge on any atom is 0.227 e. The Balaban J connectivity index is 2.08. The third-order valence-corrected chi connectivity index (χ3v) is 5.87. The summed E-state index contributed by atoms with van der Waals surface area (Å²) in [6.45, 7) is 9.49. The van der Waals surface area contributed by atoms with Crippen LogP contribution in [0.25, 0.3) is 0 Å². The summed E-state index contributed by atoms with van der Waals surface area (Å²) < 4.78 is 25.3. The zero-order valence-corrected chi connectivity index (χ0v) is 15.7. The van der Waals surface area contributed by atoms with Crippen molar-refractivity contribution in [1.29, 1.82) is 0 Å². The highest BCUT2D eigenvalue weighted by molar-refractivity contribution is 7.88. The van der Waals surface area contributed by atoms with Crippen molar-refractivity contribution in [3.63, 3.8) is 0 Å². The average molecular weight is 343 g/mol. The second kappa shape index (κ2) is 6.55. The number of sulfonamides is 1. The van der Waals surface area contributed by atoms with Crippen LogP contribution in [0.15, 0.2) is 11.6 Å². The molecular formula is C17H30N2O3S. The molecule has 0 unspecified atom stereocenters. The Morgan fingerprint density at radius 2 is 1.96 bits per heavy atom. The summed E-state index contributed by atoms with van der Waals surface area (Å²) in [5.74, 6) is 0.513. The number of allylic oxidation sites excluding steroid dienone is 2. The lowest BCUT2D eigenvalue weighted by Crippen LogP contribution is -2.50. The van der Waals surface area contributed by atoms with Crippen LogP contribution in [0.5, 0.6) is 0 Å². The van der Waals surface area contributed by atoms with Gasteiger partial charge in [-0.15, -0.1) is 0 Å². The van der Waals surface area contributed by atoms with Crippen molar-refractivity contribution in [2.45, 2.75) is 53.0 Å². The Hall–Kier alpha value is -0.880.